The van der Waals surface area contributed by atoms with Crippen LogP contribution in [0.3, 0.4) is 0 Å². The first kappa shape index (κ1) is 19.9. The Labute approximate surface area is 163 Å². The van der Waals surface area contributed by atoms with Crippen LogP contribution in [0.2, 0.25) is 0 Å². The van der Waals surface area contributed by atoms with Crippen LogP contribution in [-0.2, 0) is 11.3 Å². The number of ether oxygens (including phenoxy) is 1. The number of nitrogens with zero attached hydrogens (tertiary/aromatic N) is 2. The van der Waals surface area contributed by atoms with Crippen molar-refractivity contribution in [3.63, 3.8) is 0 Å². The zero-order chi connectivity index (χ0) is 18.4. The topological polar surface area (TPSA) is 75.6 Å². The van der Waals surface area contributed by atoms with E-state index >= 15 is 0 Å². The van der Waals surface area contributed by atoms with Gasteiger partial charge in [-0.25, -0.2) is 9.78 Å². The van der Waals surface area contributed by atoms with Gasteiger partial charge in [0, 0.05) is 21.8 Å². The summed E-state index contributed by atoms with van der Waals surface area (Å²) in [5.74, 6) is 0.365. The minimum Gasteiger partial charge on any atom is -0.462 e. The van der Waals surface area contributed by atoms with E-state index in [1.165, 1.54) is 16.2 Å². The summed E-state index contributed by atoms with van der Waals surface area (Å²) in [5.41, 5.74) is 0.693. The molecule has 9 heteroatoms. The molecule has 0 saturated heterocycles. The van der Waals surface area contributed by atoms with Crippen LogP contribution >= 0.6 is 38.6 Å². The van der Waals surface area contributed by atoms with E-state index in [4.69, 9.17) is 4.74 Å². The molecule has 0 aromatic carbocycles. The summed E-state index contributed by atoms with van der Waals surface area (Å²) < 4.78 is 6.15. The van der Waals surface area contributed by atoms with Gasteiger partial charge in [0.05, 0.1) is 24.9 Å². The number of aromatic nitrogens is 1. The largest absolute Gasteiger partial charge is 0.462 e. The Hall–Kier alpha value is -1.45. The smallest absolute Gasteiger partial charge is 0.350 e. The van der Waals surface area contributed by atoms with Crippen molar-refractivity contribution in [3.8, 4) is 0 Å². The number of carbonyl (C=O) groups excluding carboxylic acids is 1. The maximum absolute atomic E-state index is 11.9. The fourth-order valence-corrected chi connectivity index (χ4v) is 4.42. The Bertz CT molecular complexity index is 757. The fourth-order valence-electron chi connectivity index (χ4n) is 2.07. The molecule has 25 heavy (non-hydrogen) atoms. The molecule has 136 valence electrons. The molecule has 0 aliphatic rings. The Morgan fingerprint density at radius 1 is 1.52 bits per heavy atom. The van der Waals surface area contributed by atoms with E-state index < -0.39 is 0 Å². The van der Waals surface area contributed by atoms with Crippen molar-refractivity contribution in [2.24, 2.45) is 4.99 Å². The molecule has 2 N–H and O–H groups in total. The Kier molecular flexibility index (Phi) is 7.39. The highest BCUT2D eigenvalue weighted by atomic mass is 79.9. The summed E-state index contributed by atoms with van der Waals surface area (Å²) in [6.07, 6.45) is 0. The summed E-state index contributed by atoms with van der Waals surface area (Å²) in [6, 6.07) is 2.00. The van der Waals surface area contributed by atoms with Crippen LogP contribution in [0.4, 0.5) is 0 Å². The van der Waals surface area contributed by atoms with Crippen LogP contribution in [0.25, 0.3) is 0 Å². The van der Waals surface area contributed by atoms with Crippen LogP contribution < -0.4 is 10.6 Å². The highest BCUT2D eigenvalue weighted by Gasteiger charge is 2.20. The third kappa shape index (κ3) is 5.52. The first-order chi connectivity index (χ1) is 11.9. The number of thiazole rings is 1. The molecule has 0 aliphatic heterocycles. The number of halogens is 1. The van der Waals surface area contributed by atoms with Gasteiger partial charge < -0.3 is 15.4 Å². The molecule has 0 aliphatic carbocycles. The lowest BCUT2D eigenvalue weighted by Gasteiger charge is -2.15. The molecule has 1 unspecified atom stereocenters. The molecule has 0 spiro atoms. The molecular formula is C16H21BrN4O2S2. The molecule has 0 amide bonds. The molecule has 2 aromatic rings. The monoisotopic (exact) mass is 444 g/mol. The van der Waals surface area contributed by atoms with Crippen molar-refractivity contribution in [1.82, 2.24) is 15.6 Å². The molecule has 0 saturated carbocycles. The summed E-state index contributed by atoms with van der Waals surface area (Å²) >= 11 is 6.48. The number of rotatable bonds is 6. The number of esters is 1. The minimum absolute atomic E-state index is 0.0758. The SMILES string of the molecule is CCOC(=O)c1sc(C(C)NC(=NC)NCc2cc(Br)cs2)nc1C. The van der Waals surface area contributed by atoms with Crippen molar-refractivity contribution in [3.05, 3.63) is 36.4 Å². The highest BCUT2D eigenvalue weighted by molar-refractivity contribution is 9.10. The number of carbonyl (C=O) groups is 1. The van der Waals surface area contributed by atoms with Gasteiger partial charge in [0.25, 0.3) is 0 Å². The van der Waals surface area contributed by atoms with Gasteiger partial charge in [-0.2, -0.15) is 0 Å². The van der Waals surface area contributed by atoms with Crippen molar-refractivity contribution >= 4 is 50.5 Å². The average Bonchev–Trinajstić information content (AvgIpc) is 3.17. The van der Waals surface area contributed by atoms with Crippen LogP contribution in [0.15, 0.2) is 20.9 Å². The van der Waals surface area contributed by atoms with Gasteiger partial charge in [0.2, 0.25) is 0 Å². The second kappa shape index (κ2) is 9.30. The zero-order valence-corrected chi connectivity index (χ0v) is 17.8. The van der Waals surface area contributed by atoms with Crippen LogP contribution in [0, 0.1) is 6.92 Å². The number of guanidine groups is 1. The first-order valence-electron chi connectivity index (χ1n) is 7.79. The maximum Gasteiger partial charge on any atom is 0.350 e. The number of hydrogen-bond donors (Lipinski definition) is 2. The Morgan fingerprint density at radius 2 is 2.28 bits per heavy atom. The second-order valence-electron chi connectivity index (χ2n) is 5.21. The number of aliphatic imine (C=N–C) groups is 1. The molecule has 1 atom stereocenters. The molecule has 0 bridgehead atoms. The van der Waals surface area contributed by atoms with Crippen molar-refractivity contribution in [2.45, 2.75) is 33.4 Å². The molecular weight excluding hydrogens is 424 g/mol. The van der Waals surface area contributed by atoms with Crippen LogP contribution in [0.1, 0.15) is 45.1 Å². The zero-order valence-electron chi connectivity index (χ0n) is 14.6. The van der Waals surface area contributed by atoms with E-state index in [1.807, 2.05) is 19.2 Å². The standard InChI is InChI=1S/C16H21BrN4O2S2/c1-5-23-15(22)13-9(2)20-14(25-13)10(3)21-16(18-4)19-7-12-6-11(17)8-24-12/h6,8,10H,5,7H2,1-4H3,(H2,18,19,21). The molecule has 6 nitrogen and oxygen atoms in total. The lowest BCUT2D eigenvalue weighted by molar-refractivity contribution is 0.0531. The summed E-state index contributed by atoms with van der Waals surface area (Å²) in [5, 5.41) is 9.45. The van der Waals surface area contributed by atoms with E-state index in [0.717, 1.165) is 9.48 Å². The van der Waals surface area contributed by atoms with E-state index in [-0.39, 0.29) is 12.0 Å². The van der Waals surface area contributed by atoms with Gasteiger partial charge in [0.1, 0.15) is 9.88 Å². The molecule has 0 radical (unpaired) electrons. The summed E-state index contributed by atoms with van der Waals surface area (Å²) in [7, 11) is 1.73. The van der Waals surface area contributed by atoms with Crippen molar-refractivity contribution < 1.29 is 9.53 Å². The third-order valence-corrected chi connectivity index (χ3v) is 6.29. The van der Waals surface area contributed by atoms with Crippen LogP contribution in [-0.4, -0.2) is 30.6 Å². The first-order valence-corrected chi connectivity index (χ1v) is 10.3. The fraction of sp³-hybridized carbons (Fsp3) is 0.438. The lowest BCUT2D eigenvalue weighted by atomic mass is 10.3. The minimum atomic E-state index is -0.318. The van der Waals surface area contributed by atoms with Gasteiger partial charge in [0.15, 0.2) is 5.96 Å². The van der Waals surface area contributed by atoms with Gasteiger partial charge in [-0.05, 0) is 42.8 Å². The predicted molar refractivity (Wildman–Crippen MR) is 107 cm³/mol. The summed E-state index contributed by atoms with van der Waals surface area (Å²) in [4.78, 5) is 22.4. The van der Waals surface area contributed by atoms with Gasteiger partial charge >= 0.3 is 5.97 Å². The second-order valence-corrected chi connectivity index (χ2v) is 8.15. The Balaban J connectivity index is 1.98. The predicted octanol–water partition coefficient (Wildman–Crippen LogP) is 3.88. The van der Waals surface area contributed by atoms with E-state index in [1.54, 1.807) is 25.3 Å². The lowest BCUT2D eigenvalue weighted by Crippen LogP contribution is -2.38. The maximum atomic E-state index is 11.9. The molecule has 0 fully saturated rings. The average molecular weight is 445 g/mol. The quantitative estimate of drug-likeness (QED) is 0.401. The van der Waals surface area contributed by atoms with Crippen LogP contribution in [0.5, 0.6) is 0 Å². The number of aryl methyl sites for hydroxylation is 1. The summed E-state index contributed by atoms with van der Waals surface area (Å²) in [6.45, 7) is 6.64. The number of thiophene rings is 1. The molecule has 2 aromatic heterocycles. The third-order valence-electron chi connectivity index (χ3n) is 3.27. The van der Waals surface area contributed by atoms with E-state index in [2.05, 4.69) is 42.6 Å². The number of nitrogens with one attached hydrogen (secondary N) is 2. The van der Waals surface area contributed by atoms with Gasteiger partial charge in [-0.15, -0.1) is 22.7 Å². The van der Waals surface area contributed by atoms with Gasteiger partial charge in [-0.1, -0.05) is 0 Å². The normalized spacial score (nSPS) is 12.8. The Morgan fingerprint density at radius 3 is 2.88 bits per heavy atom. The number of hydrogen-bond acceptors (Lipinski definition) is 6. The molecule has 2 rings (SSSR count). The van der Waals surface area contributed by atoms with E-state index in [0.29, 0.717) is 29.7 Å². The van der Waals surface area contributed by atoms with E-state index in [9.17, 15) is 4.79 Å². The van der Waals surface area contributed by atoms with Crippen molar-refractivity contribution in [2.75, 3.05) is 13.7 Å². The van der Waals surface area contributed by atoms with Crippen molar-refractivity contribution in [1.29, 1.82) is 0 Å². The van der Waals surface area contributed by atoms with Gasteiger partial charge in [-0.3, -0.25) is 4.99 Å². The highest BCUT2D eigenvalue weighted by Crippen LogP contribution is 2.24. The molecule has 2 heterocycles.